The number of nitrogens with zero attached hydrogens (tertiary/aromatic N) is 2. The highest BCUT2D eigenvalue weighted by Crippen LogP contribution is 2.29. The molecule has 1 N–H and O–H groups in total. The summed E-state index contributed by atoms with van der Waals surface area (Å²) in [7, 11) is -6.18. The number of morpholine rings is 1. The molecule has 0 radical (unpaired) electrons. The van der Waals surface area contributed by atoms with Gasteiger partial charge in [0, 0.05) is 26.1 Å². The summed E-state index contributed by atoms with van der Waals surface area (Å²) in [6, 6.07) is 9.65. The van der Waals surface area contributed by atoms with E-state index in [1.165, 1.54) is 47.8 Å². The fraction of sp³-hybridized carbons (Fsp3) is 0.409. The second-order valence-electron chi connectivity index (χ2n) is 7.82. The van der Waals surface area contributed by atoms with Crippen molar-refractivity contribution in [3.8, 4) is 5.75 Å². The van der Waals surface area contributed by atoms with Crippen molar-refractivity contribution in [3.05, 3.63) is 48.3 Å². The molecule has 10 nitrogen and oxygen atoms in total. The molecule has 1 fully saturated rings. The number of carbonyl (C=O) groups excluding carboxylic acids is 1. The number of sulfonamides is 2. The van der Waals surface area contributed by atoms with Crippen LogP contribution in [-0.4, -0.2) is 73.3 Å². The molecule has 0 saturated carbocycles. The van der Waals surface area contributed by atoms with Crippen molar-refractivity contribution in [1.82, 2.24) is 4.31 Å². The molecule has 35 heavy (non-hydrogen) atoms. The molecule has 192 valence electrons. The molecule has 13 heteroatoms. The average Bonchev–Trinajstić information content (AvgIpc) is 2.82. The van der Waals surface area contributed by atoms with Crippen molar-refractivity contribution in [3.63, 3.8) is 0 Å². The maximum Gasteiger partial charge on any atom is 0.243 e. The number of methoxy groups -OCH3 is 1. The topological polar surface area (TPSA) is 122 Å². The van der Waals surface area contributed by atoms with Gasteiger partial charge in [0.05, 0.1) is 42.8 Å². The molecule has 2 aromatic rings. The number of ether oxygens (including phenoxy) is 2. The van der Waals surface area contributed by atoms with Crippen molar-refractivity contribution in [1.29, 1.82) is 0 Å². The normalized spacial score (nSPS) is 14.9. The monoisotopic (exact) mass is 529 g/mol. The minimum Gasteiger partial charge on any atom is -0.495 e. The molecule has 0 bridgehead atoms. The van der Waals surface area contributed by atoms with Crippen LogP contribution in [0.1, 0.15) is 12.8 Å². The molecule has 1 amide bonds. The summed E-state index contributed by atoms with van der Waals surface area (Å²) < 4.78 is 77.1. The highest BCUT2D eigenvalue weighted by molar-refractivity contribution is 7.92. The van der Waals surface area contributed by atoms with Crippen LogP contribution in [0, 0.1) is 5.82 Å². The largest absolute Gasteiger partial charge is 0.495 e. The maximum atomic E-state index is 14.1. The minimum absolute atomic E-state index is 0.00157. The van der Waals surface area contributed by atoms with E-state index in [1.54, 1.807) is 0 Å². The summed E-state index contributed by atoms with van der Waals surface area (Å²) >= 11 is 0. The van der Waals surface area contributed by atoms with Crippen molar-refractivity contribution < 1.29 is 35.5 Å². The second-order valence-corrected chi connectivity index (χ2v) is 11.7. The summed E-state index contributed by atoms with van der Waals surface area (Å²) in [4.78, 5) is 12.6. The third kappa shape index (κ3) is 6.69. The number of nitrogens with one attached hydrogen (secondary N) is 1. The van der Waals surface area contributed by atoms with Crippen LogP contribution >= 0.6 is 0 Å². The number of hydrogen-bond donors (Lipinski definition) is 1. The number of carbonyl (C=O) groups is 1. The number of rotatable bonds is 10. The van der Waals surface area contributed by atoms with E-state index in [0.29, 0.717) is 13.2 Å². The van der Waals surface area contributed by atoms with Gasteiger partial charge >= 0.3 is 0 Å². The van der Waals surface area contributed by atoms with E-state index in [9.17, 15) is 26.0 Å². The first kappa shape index (κ1) is 26.9. The van der Waals surface area contributed by atoms with Crippen LogP contribution in [0.2, 0.25) is 0 Å². The third-order valence-electron chi connectivity index (χ3n) is 5.34. The standard InChI is InChI=1S/C22H28FN3O7S2/c1-32-21-10-9-17(35(30,31)25-12-14-33-15-13-25)16-19(21)24-22(27)8-5-11-26(34(2,28)29)20-7-4-3-6-18(20)23/h3-4,6-7,9-10,16H,5,8,11-15H2,1-2H3,(H,24,27). The molecule has 1 aliphatic rings. The number of amides is 1. The molecule has 0 aliphatic carbocycles. The van der Waals surface area contributed by atoms with Crippen molar-refractivity contribution in [2.24, 2.45) is 0 Å². The van der Waals surface area contributed by atoms with Gasteiger partial charge in [-0.15, -0.1) is 0 Å². The van der Waals surface area contributed by atoms with Crippen molar-refractivity contribution in [2.45, 2.75) is 17.7 Å². The summed E-state index contributed by atoms with van der Waals surface area (Å²) in [6.45, 7) is 0.951. The number of anilines is 2. The number of para-hydroxylation sites is 1. The lowest BCUT2D eigenvalue weighted by molar-refractivity contribution is -0.116. The predicted octanol–water partition coefficient (Wildman–Crippen LogP) is 2.04. The Labute approximate surface area is 204 Å². The van der Waals surface area contributed by atoms with E-state index in [-0.39, 0.29) is 54.5 Å². The Bertz CT molecular complexity index is 1260. The van der Waals surface area contributed by atoms with E-state index >= 15 is 0 Å². The highest BCUT2D eigenvalue weighted by Gasteiger charge is 2.27. The summed E-state index contributed by atoms with van der Waals surface area (Å²) in [5.74, 6) is -0.903. The lowest BCUT2D eigenvalue weighted by Gasteiger charge is -2.26. The number of benzene rings is 2. The van der Waals surface area contributed by atoms with Crippen LogP contribution in [0.15, 0.2) is 47.4 Å². The predicted molar refractivity (Wildman–Crippen MR) is 129 cm³/mol. The van der Waals surface area contributed by atoms with Gasteiger partial charge in [-0.2, -0.15) is 4.31 Å². The van der Waals surface area contributed by atoms with Crippen LogP contribution in [0.5, 0.6) is 5.75 Å². The van der Waals surface area contributed by atoms with Crippen molar-refractivity contribution >= 4 is 37.3 Å². The van der Waals surface area contributed by atoms with Gasteiger partial charge < -0.3 is 14.8 Å². The van der Waals surface area contributed by atoms with Gasteiger partial charge in [0.2, 0.25) is 26.0 Å². The van der Waals surface area contributed by atoms with Gasteiger partial charge in [0.25, 0.3) is 0 Å². The highest BCUT2D eigenvalue weighted by atomic mass is 32.2. The molecule has 0 spiro atoms. The lowest BCUT2D eigenvalue weighted by atomic mass is 10.2. The SMILES string of the molecule is COc1ccc(S(=O)(=O)N2CCOCC2)cc1NC(=O)CCCN(c1ccccc1F)S(C)(=O)=O. The van der Waals surface area contributed by atoms with Gasteiger partial charge in [0.15, 0.2) is 0 Å². The van der Waals surface area contributed by atoms with Gasteiger partial charge in [0.1, 0.15) is 11.6 Å². The van der Waals surface area contributed by atoms with Crippen LogP contribution in [0.4, 0.5) is 15.8 Å². The van der Waals surface area contributed by atoms with Crippen LogP contribution in [0.3, 0.4) is 0 Å². The maximum absolute atomic E-state index is 14.1. The average molecular weight is 530 g/mol. The first-order chi connectivity index (χ1) is 16.5. The summed E-state index contributed by atoms with van der Waals surface area (Å²) in [5.41, 5.74) is 0.0685. The molecule has 1 saturated heterocycles. The van der Waals surface area contributed by atoms with Crippen molar-refractivity contribution in [2.75, 3.05) is 55.8 Å². The lowest BCUT2D eigenvalue weighted by Crippen LogP contribution is -2.40. The fourth-order valence-corrected chi connectivity index (χ4v) is 6.00. The van der Waals surface area contributed by atoms with E-state index in [1.807, 2.05) is 0 Å². The molecular formula is C22H28FN3O7S2. The molecule has 0 unspecified atom stereocenters. The Morgan fingerprint density at radius 3 is 2.46 bits per heavy atom. The second kappa shape index (κ2) is 11.3. The molecule has 1 aliphatic heterocycles. The molecular weight excluding hydrogens is 501 g/mol. The third-order valence-corrected chi connectivity index (χ3v) is 8.41. The summed E-state index contributed by atoms with van der Waals surface area (Å²) in [5, 5.41) is 2.63. The van der Waals surface area contributed by atoms with E-state index in [2.05, 4.69) is 5.32 Å². The molecule has 0 atom stereocenters. The zero-order valence-corrected chi connectivity index (χ0v) is 21.1. The Hall–Kier alpha value is -2.74. The number of halogens is 1. The minimum atomic E-state index is -3.79. The quantitative estimate of drug-likeness (QED) is 0.500. The van der Waals surface area contributed by atoms with Gasteiger partial charge in [-0.1, -0.05) is 12.1 Å². The molecule has 1 heterocycles. The zero-order valence-electron chi connectivity index (χ0n) is 19.4. The van der Waals surface area contributed by atoms with Crippen LogP contribution < -0.4 is 14.4 Å². The first-order valence-corrected chi connectivity index (χ1v) is 14.1. The molecule has 2 aromatic carbocycles. The van der Waals surface area contributed by atoms with Gasteiger partial charge in [-0.3, -0.25) is 9.10 Å². The van der Waals surface area contributed by atoms with Gasteiger partial charge in [-0.25, -0.2) is 21.2 Å². The summed E-state index contributed by atoms with van der Waals surface area (Å²) in [6.07, 6.45) is 0.968. The Morgan fingerprint density at radius 1 is 1.14 bits per heavy atom. The van der Waals surface area contributed by atoms with Crippen LogP contribution in [0.25, 0.3) is 0 Å². The molecule has 0 aromatic heterocycles. The van der Waals surface area contributed by atoms with E-state index < -0.39 is 31.8 Å². The van der Waals surface area contributed by atoms with E-state index in [0.717, 1.165) is 16.6 Å². The number of hydrogen-bond acceptors (Lipinski definition) is 7. The zero-order chi connectivity index (χ0) is 25.6. The Kier molecular flexibility index (Phi) is 8.70. The Morgan fingerprint density at radius 2 is 1.83 bits per heavy atom. The molecule has 3 rings (SSSR count). The van der Waals surface area contributed by atoms with Crippen LogP contribution in [-0.2, 0) is 29.6 Å². The smallest absolute Gasteiger partial charge is 0.243 e. The first-order valence-electron chi connectivity index (χ1n) is 10.8. The fourth-order valence-electron chi connectivity index (χ4n) is 3.60. The Balaban J connectivity index is 1.70. The van der Waals surface area contributed by atoms with E-state index in [4.69, 9.17) is 9.47 Å². The van der Waals surface area contributed by atoms with Gasteiger partial charge in [-0.05, 0) is 36.8 Å².